The lowest BCUT2D eigenvalue weighted by Gasteiger charge is -2.40. The summed E-state index contributed by atoms with van der Waals surface area (Å²) in [5.74, 6) is 0.189. The third-order valence-electron chi connectivity index (χ3n) is 5.96. The molecule has 3 aromatic rings. The van der Waals surface area contributed by atoms with Gasteiger partial charge in [-0.3, -0.25) is 4.79 Å². The average molecular weight is 388 g/mol. The van der Waals surface area contributed by atoms with E-state index >= 15 is 0 Å². The molecule has 1 aliphatic heterocycles. The van der Waals surface area contributed by atoms with Gasteiger partial charge in [0, 0.05) is 34.0 Å². The molecule has 2 nitrogen and oxygen atoms in total. The van der Waals surface area contributed by atoms with Crippen molar-refractivity contribution in [3.05, 3.63) is 88.1 Å². The lowest BCUT2D eigenvalue weighted by molar-refractivity contribution is -0.118. The standard InChI is InChI=1S/C25H22ClNO/c1-25(2)13-20-23(21(28)14-25)22(16-7-10-17(26)11-8-16)19-12-9-15-5-3-4-6-18(15)24(19)27-20/h3-12,22,27H,13-14H2,1-2H3/t22-/m1/s1. The molecule has 1 heterocycles. The summed E-state index contributed by atoms with van der Waals surface area (Å²) in [7, 11) is 0. The second kappa shape index (κ2) is 6.22. The number of carbonyl (C=O) groups is 1. The molecule has 0 aromatic heterocycles. The fraction of sp³-hybridized carbons (Fsp3) is 0.240. The Hall–Kier alpha value is -2.58. The predicted molar refractivity (Wildman–Crippen MR) is 116 cm³/mol. The van der Waals surface area contributed by atoms with Crippen molar-refractivity contribution < 1.29 is 4.79 Å². The average Bonchev–Trinajstić information content (AvgIpc) is 2.66. The number of benzene rings is 3. The maximum atomic E-state index is 13.2. The summed E-state index contributed by atoms with van der Waals surface area (Å²) in [5.41, 5.74) is 5.36. The summed E-state index contributed by atoms with van der Waals surface area (Å²) >= 11 is 6.14. The van der Waals surface area contributed by atoms with Crippen LogP contribution in [0.3, 0.4) is 0 Å². The molecule has 0 fully saturated rings. The van der Waals surface area contributed by atoms with E-state index in [1.54, 1.807) is 0 Å². The van der Waals surface area contributed by atoms with Gasteiger partial charge in [0.05, 0.1) is 5.69 Å². The zero-order chi connectivity index (χ0) is 19.5. The van der Waals surface area contributed by atoms with Crippen molar-refractivity contribution in [1.82, 2.24) is 0 Å². The molecule has 0 spiro atoms. The van der Waals surface area contributed by atoms with Crippen LogP contribution >= 0.6 is 11.6 Å². The number of hydrogen-bond acceptors (Lipinski definition) is 2. The normalized spacial score (nSPS) is 20.5. The highest BCUT2D eigenvalue weighted by Crippen LogP contribution is 2.50. The Kier molecular flexibility index (Phi) is 3.89. The summed E-state index contributed by atoms with van der Waals surface area (Å²) in [4.78, 5) is 13.2. The lowest BCUT2D eigenvalue weighted by Crippen LogP contribution is -2.33. The van der Waals surface area contributed by atoms with Crippen LogP contribution in [0.1, 0.15) is 43.7 Å². The van der Waals surface area contributed by atoms with Crippen molar-refractivity contribution in [2.45, 2.75) is 32.6 Å². The second-order valence-corrected chi connectivity index (χ2v) is 9.13. The molecule has 0 bridgehead atoms. The van der Waals surface area contributed by atoms with Crippen molar-refractivity contribution in [3.63, 3.8) is 0 Å². The maximum absolute atomic E-state index is 13.2. The lowest BCUT2D eigenvalue weighted by atomic mass is 9.68. The van der Waals surface area contributed by atoms with Crippen molar-refractivity contribution in [1.29, 1.82) is 0 Å². The van der Waals surface area contributed by atoms with Crippen molar-refractivity contribution in [2.24, 2.45) is 5.41 Å². The second-order valence-electron chi connectivity index (χ2n) is 8.69. The SMILES string of the molecule is CC1(C)CC(=O)C2=C(C1)Nc1c(ccc3ccccc13)[C@H]2c1ccc(Cl)cc1. The largest absolute Gasteiger partial charge is 0.358 e. The van der Waals surface area contributed by atoms with Crippen LogP contribution in [0.15, 0.2) is 71.9 Å². The van der Waals surface area contributed by atoms with Gasteiger partial charge in [0.25, 0.3) is 0 Å². The highest BCUT2D eigenvalue weighted by atomic mass is 35.5. The molecule has 0 saturated carbocycles. The smallest absolute Gasteiger partial charge is 0.162 e. The van der Waals surface area contributed by atoms with Crippen LogP contribution in [0.2, 0.25) is 5.02 Å². The quantitative estimate of drug-likeness (QED) is 0.503. The van der Waals surface area contributed by atoms with E-state index in [2.05, 4.69) is 67.7 Å². The van der Waals surface area contributed by atoms with Gasteiger partial charge in [0.2, 0.25) is 0 Å². The predicted octanol–water partition coefficient (Wildman–Crippen LogP) is 6.69. The number of ketones is 1. The van der Waals surface area contributed by atoms with Crippen LogP contribution in [0.25, 0.3) is 10.8 Å². The van der Waals surface area contributed by atoms with E-state index in [1.807, 2.05) is 12.1 Å². The zero-order valence-corrected chi connectivity index (χ0v) is 16.8. The molecule has 0 unspecified atom stereocenters. The first-order valence-electron chi connectivity index (χ1n) is 9.73. The molecule has 0 amide bonds. The summed E-state index contributed by atoms with van der Waals surface area (Å²) in [6.45, 7) is 4.35. The third-order valence-corrected chi connectivity index (χ3v) is 6.21. The molecule has 1 atom stereocenters. The zero-order valence-electron chi connectivity index (χ0n) is 16.1. The number of fused-ring (bicyclic) bond motifs is 3. The van der Waals surface area contributed by atoms with Crippen LogP contribution in [0.5, 0.6) is 0 Å². The molecule has 1 N–H and O–H groups in total. The van der Waals surface area contributed by atoms with Gasteiger partial charge in [-0.1, -0.05) is 74.0 Å². The summed E-state index contributed by atoms with van der Waals surface area (Å²) in [6.07, 6.45) is 1.46. The first kappa shape index (κ1) is 17.5. The fourth-order valence-electron chi connectivity index (χ4n) is 4.76. The summed E-state index contributed by atoms with van der Waals surface area (Å²) in [6, 6.07) is 20.7. The Morgan fingerprint density at radius 3 is 2.50 bits per heavy atom. The summed E-state index contributed by atoms with van der Waals surface area (Å²) < 4.78 is 0. The first-order valence-corrected chi connectivity index (χ1v) is 10.1. The Balaban J connectivity index is 1.79. The van der Waals surface area contributed by atoms with Crippen LogP contribution in [-0.4, -0.2) is 5.78 Å². The van der Waals surface area contributed by atoms with Gasteiger partial charge in [-0.05, 0) is 40.5 Å². The Morgan fingerprint density at radius 1 is 0.964 bits per heavy atom. The van der Waals surface area contributed by atoms with Gasteiger partial charge in [-0.15, -0.1) is 0 Å². The Labute approximate surface area is 170 Å². The Morgan fingerprint density at radius 2 is 1.71 bits per heavy atom. The third kappa shape index (κ3) is 2.75. The molecule has 0 radical (unpaired) electrons. The molecular weight excluding hydrogens is 366 g/mol. The number of allylic oxidation sites excluding steroid dienone is 2. The molecule has 5 rings (SSSR count). The number of halogens is 1. The van der Waals surface area contributed by atoms with E-state index in [-0.39, 0.29) is 17.1 Å². The molecule has 3 heteroatoms. The first-order chi connectivity index (χ1) is 13.4. The number of Topliss-reactive ketones (excluding diaryl/α,β-unsaturated/α-hetero) is 1. The van der Waals surface area contributed by atoms with Crippen molar-refractivity contribution in [3.8, 4) is 0 Å². The van der Waals surface area contributed by atoms with E-state index in [0.717, 1.165) is 34.5 Å². The van der Waals surface area contributed by atoms with E-state index in [4.69, 9.17) is 11.6 Å². The molecule has 28 heavy (non-hydrogen) atoms. The number of anilines is 1. The Bertz CT molecular complexity index is 1140. The van der Waals surface area contributed by atoms with Gasteiger partial charge < -0.3 is 5.32 Å². The molecule has 1 aliphatic carbocycles. The topological polar surface area (TPSA) is 29.1 Å². The number of rotatable bonds is 1. The van der Waals surface area contributed by atoms with E-state index in [0.29, 0.717) is 11.4 Å². The van der Waals surface area contributed by atoms with Crippen LogP contribution in [0, 0.1) is 5.41 Å². The molecular formula is C25H22ClNO. The van der Waals surface area contributed by atoms with Crippen molar-refractivity contribution >= 4 is 33.8 Å². The van der Waals surface area contributed by atoms with Crippen LogP contribution in [-0.2, 0) is 4.79 Å². The van der Waals surface area contributed by atoms with Gasteiger partial charge in [0.1, 0.15) is 0 Å². The minimum absolute atomic E-state index is 0.0322. The summed E-state index contributed by atoms with van der Waals surface area (Å²) in [5, 5.41) is 6.78. The van der Waals surface area contributed by atoms with Crippen LogP contribution in [0.4, 0.5) is 5.69 Å². The van der Waals surface area contributed by atoms with Crippen molar-refractivity contribution in [2.75, 3.05) is 5.32 Å². The fourth-order valence-corrected chi connectivity index (χ4v) is 4.88. The van der Waals surface area contributed by atoms with E-state index < -0.39 is 0 Å². The minimum atomic E-state index is -0.0586. The van der Waals surface area contributed by atoms with Gasteiger partial charge >= 0.3 is 0 Å². The number of nitrogens with one attached hydrogen (secondary N) is 1. The van der Waals surface area contributed by atoms with Gasteiger partial charge in [-0.2, -0.15) is 0 Å². The highest BCUT2D eigenvalue weighted by molar-refractivity contribution is 6.30. The molecule has 0 saturated heterocycles. The van der Waals surface area contributed by atoms with Gasteiger partial charge in [0.15, 0.2) is 5.78 Å². The molecule has 140 valence electrons. The molecule has 3 aromatic carbocycles. The highest BCUT2D eigenvalue weighted by Gasteiger charge is 2.40. The van der Waals surface area contributed by atoms with Crippen LogP contribution < -0.4 is 5.32 Å². The van der Waals surface area contributed by atoms with E-state index in [1.165, 1.54) is 10.8 Å². The van der Waals surface area contributed by atoms with E-state index in [9.17, 15) is 4.79 Å². The maximum Gasteiger partial charge on any atom is 0.162 e. The number of hydrogen-bond donors (Lipinski definition) is 1. The van der Waals surface area contributed by atoms with Gasteiger partial charge in [-0.25, -0.2) is 0 Å². The number of carbonyl (C=O) groups excluding carboxylic acids is 1. The molecule has 2 aliphatic rings. The monoisotopic (exact) mass is 387 g/mol. The minimum Gasteiger partial charge on any atom is -0.358 e.